The molecule has 0 saturated carbocycles. The number of ether oxygens (including phenoxy) is 1. The summed E-state index contributed by atoms with van der Waals surface area (Å²) in [6.07, 6.45) is 7.33. The van der Waals surface area contributed by atoms with Gasteiger partial charge >= 0.3 is 0 Å². The maximum atomic E-state index is 14.1. The van der Waals surface area contributed by atoms with Crippen molar-refractivity contribution >= 4 is 16.9 Å². The van der Waals surface area contributed by atoms with Gasteiger partial charge in [-0.15, -0.1) is 0 Å². The van der Waals surface area contributed by atoms with Gasteiger partial charge < -0.3 is 15.4 Å². The maximum absolute atomic E-state index is 14.1. The van der Waals surface area contributed by atoms with Gasteiger partial charge in [0.1, 0.15) is 5.52 Å². The normalized spacial score (nSPS) is 15.0. The number of nitrogens with zero attached hydrogens (tertiary/aromatic N) is 3. The van der Waals surface area contributed by atoms with Gasteiger partial charge in [0.05, 0.1) is 18.1 Å². The van der Waals surface area contributed by atoms with Crippen LogP contribution in [-0.4, -0.2) is 22.7 Å². The quantitative estimate of drug-likeness (QED) is 0.743. The van der Waals surface area contributed by atoms with Gasteiger partial charge in [0, 0.05) is 30.9 Å². The summed E-state index contributed by atoms with van der Waals surface area (Å²) < 4.78 is 21.7. The molecule has 3 aromatic rings. The number of nitrogen functional groups attached to an aromatic ring is 1. The van der Waals surface area contributed by atoms with E-state index in [4.69, 9.17) is 10.5 Å². The largest absolute Gasteiger partial charge is 0.452 e. The SMILES string of the molecule is Nc1ccc(Oc2cc(N3CCCCC3)cn3nccc23)c(F)c1. The Hall–Kier alpha value is -2.76. The number of nitrogens with two attached hydrogens (primary N) is 1. The van der Waals surface area contributed by atoms with Crippen molar-refractivity contribution in [2.24, 2.45) is 0 Å². The molecule has 24 heavy (non-hydrogen) atoms. The number of hydrogen-bond donors (Lipinski definition) is 1. The molecule has 0 bridgehead atoms. The lowest BCUT2D eigenvalue weighted by molar-refractivity contribution is 0.444. The molecule has 4 rings (SSSR count). The number of pyridine rings is 1. The van der Waals surface area contributed by atoms with Crippen molar-refractivity contribution in [2.45, 2.75) is 19.3 Å². The van der Waals surface area contributed by atoms with Crippen molar-refractivity contribution in [1.29, 1.82) is 0 Å². The molecule has 124 valence electrons. The van der Waals surface area contributed by atoms with Crippen LogP contribution in [0.15, 0.2) is 42.7 Å². The molecular weight excluding hydrogens is 307 g/mol. The van der Waals surface area contributed by atoms with Crippen LogP contribution < -0.4 is 15.4 Å². The Kier molecular flexibility index (Phi) is 3.72. The fourth-order valence-corrected chi connectivity index (χ4v) is 3.11. The second kappa shape index (κ2) is 6.03. The second-order valence-corrected chi connectivity index (χ2v) is 6.06. The second-order valence-electron chi connectivity index (χ2n) is 6.06. The van der Waals surface area contributed by atoms with E-state index < -0.39 is 5.82 Å². The lowest BCUT2D eigenvalue weighted by atomic mass is 10.1. The highest BCUT2D eigenvalue weighted by Gasteiger charge is 2.16. The highest BCUT2D eigenvalue weighted by molar-refractivity contribution is 5.66. The molecule has 0 atom stereocenters. The third kappa shape index (κ3) is 2.75. The number of piperidine rings is 1. The summed E-state index contributed by atoms with van der Waals surface area (Å²) in [5.41, 5.74) is 7.81. The summed E-state index contributed by atoms with van der Waals surface area (Å²) in [7, 11) is 0. The van der Waals surface area contributed by atoms with Gasteiger partial charge in [-0.05, 0) is 37.5 Å². The van der Waals surface area contributed by atoms with E-state index in [1.165, 1.54) is 25.3 Å². The zero-order valence-electron chi connectivity index (χ0n) is 13.3. The fourth-order valence-electron chi connectivity index (χ4n) is 3.11. The molecule has 0 radical (unpaired) electrons. The fraction of sp³-hybridized carbons (Fsp3) is 0.278. The lowest BCUT2D eigenvalue weighted by Gasteiger charge is -2.29. The van der Waals surface area contributed by atoms with E-state index in [0.29, 0.717) is 11.4 Å². The molecule has 0 aliphatic carbocycles. The van der Waals surface area contributed by atoms with Crippen LogP contribution in [-0.2, 0) is 0 Å². The van der Waals surface area contributed by atoms with Crippen molar-refractivity contribution in [3.8, 4) is 11.5 Å². The van der Waals surface area contributed by atoms with E-state index in [-0.39, 0.29) is 5.75 Å². The van der Waals surface area contributed by atoms with Crippen molar-refractivity contribution in [3.05, 3.63) is 48.5 Å². The van der Waals surface area contributed by atoms with Crippen molar-refractivity contribution in [1.82, 2.24) is 9.61 Å². The molecule has 5 nitrogen and oxygen atoms in total. The summed E-state index contributed by atoms with van der Waals surface area (Å²) in [4.78, 5) is 2.32. The third-order valence-electron chi connectivity index (χ3n) is 4.35. The number of fused-ring (bicyclic) bond motifs is 1. The van der Waals surface area contributed by atoms with Crippen LogP contribution in [0.4, 0.5) is 15.8 Å². The van der Waals surface area contributed by atoms with Crippen molar-refractivity contribution in [2.75, 3.05) is 23.7 Å². The van der Waals surface area contributed by atoms with Gasteiger partial charge in [-0.1, -0.05) is 0 Å². The van der Waals surface area contributed by atoms with E-state index in [1.807, 2.05) is 18.3 Å². The highest BCUT2D eigenvalue weighted by atomic mass is 19.1. The zero-order valence-corrected chi connectivity index (χ0v) is 13.3. The van der Waals surface area contributed by atoms with E-state index >= 15 is 0 Å². The first-order valence-electron chi connectivity index (χ1n) is 8.16. The standard InChI is InChI=1S/C18H19FN4O/c19-15-10-13(20)4-5-17(15)24-18-11-14(22-8-2-1-3-9-22)12-23-16(18)6-7-21-23/h4-7,10-12H,1-3,8-9,20H2. The number of anilines is 2. The van der Waals surface area contributed by atoms with Gasteiger partial charge in [-0.2, -0.15) is 5.10 Å². The molecule has 6 heteroatoms. The third-order valence-corrected chi connectivity index (χ3v) is 4.35. The topological polar surface area (TPSA) is 55.8 Å². The maximum Gasteiger partial charge on any atom is 0.167 e. The summed E-state index contributed by atoms with van der Waals surface area (Å²) in [6, 6.07) is 8.24. The first-order valence-corrected chi connectivity index (χ1v) is 8.16. The molecule has 1 saturated heterocycles. The Morgan fingerprint density at radius 2 is 1.88 bits per heavy atom. The Morgan fingerprint density at radius 3 is 2.67 bits per heavy atom. The van der Waals surface area contributed by atoms with Gasteiger partial charge in [-0.3, -0.25) is 0 Å². The molecule has 1 aromatic carbocycles. The van der Waals surface area contributed by atoms with E-state index in [1.54, 1.807) is 22.8 Å². The average Bonchev–Trinajstić information content (AvgIpc) is 3.07. The van der Waals surface area contributed by atoms with Crippen molar-refractivity contribution in [3.63, 3.8) is 0 Å². The van der Waals surface area contributed by atoms with E-state index in [2.05, 4.69) is 10.00 Å². The summed E-state index contributed by atoms with van der Waals surface area (Å²) in [6.45, 7) is 2.03. The molecule has 0 unspecified atom stereocenters. The monoisotopic (exact) mass is 326 g/mol. The Morgan fingerprint density at radius 1 is 1.04 bits per heavy atom. The van der Waals surface area contributed by atoms with E-state index in [9.17, 15) is 4.39 Å². The molecule has 1 aliphatic rings. The van der Waals surface area contributed by atoms with Crippen LogP contribution in [0, 0.1) is 5.82 Å². The van der Waals surface area contributed by atoms with Gasteiger partial charge in [0.25, 0.3) is 0 Å². The summed E-state index contributed by atoms with van der Waals surface area (Å²) in [5.74, 6) is 0.262. The van der Waals surface area contributed by atoms with Crippen LogP contribution in [0.5, 0.6) is 11.5 Å². The van der Waals surface area contributed by atoms with Gasteiger partial charge in [0.15, 0.2) is 17.3 Å². The smallest absolute Gasteiger partial charge is 0.167 e. The van der Waals surface area contributed by atoms with Gasteiger partial charge in [0.2, 0.25) is 0 Å². The number of benzene rings is 1. The minimum absolute atomic E-state index is 0.156. The molecule has 1 fully saturated rings. The molecule has 2 N–H and O–H groups in total. The predicted molar refractivity (Wildman–Crippen MR) is 92.1 cm³/mol. The summed E-state index contributed by atoms with van der Waals surface area (Å²) >= 11 is 0. The number of aromatic nitrogens is 2. The Bertz CT molecular complexity index is 871. The Balaban J connectivity index is 1.74. The van der Waals surface area contributed by atoms with Crippen LogP contribution in [0.25, 0.3) is 5.52 Å². The molecule has 0 spiro atoms. The Labute approximate surface area is 139 Å². The molecule has 1 aliphatic heterocycles. The minimum atomic E-state index is -0.476. The molecular formula is C18H19FN4O. The minimum Gasteiger partial charge on any atom is -0.452 e. The molecule has 0 amide bonds. The average molecular weight is 326 g/mol. The predicted octanol–water partition coefficient (Wildman–Crippen LogP) is 3.84. The lowest BCUT2D eigenvalue weighted by Crippen LogP contribution is -2.29. The number of halogens is 1. The molecule has 2 aromatic heterocycles. The number of rotatable bonds is 3. The van der Waals surface area contributed by atoms with Crippen LogP contribution >= 0.6 is 0 Å². The first-order chi connectivity index (χ1) is 11.7. The van der Waals surface area contributed by atoms with Gasteiger partial charge in [-0.25, -0.2) is 8.91 Å². The van der Waals surface area contributed by atoms with Crippen molar-refractivity contribution < 1.29 is 9.13 Å². The first kappa shape index (κ1) is 14.8. The number of hydrogen-bond acceptors (Lipinski definition) is 4. The van der Waals surface area contributed by atoms with Crippen LogP contribution in [0.1, 0.15) is 19.3 Å². The highest BCUT2D eigenvalue weighted by Crippen LogP contribution is 2.33. The summed E-state index contributed by atoms with van der Waals surface area (Å²) in [5, 5.41) is 4.31. The van der Waals surface area contributed by atoms with E-state index in [0.717, 1.165) is 24.3 Å². The van der Waals surface area contributed by atoms with Crippen LogP contribution in [0.2, 0.25) is 0 Å². The molecule has 3 heterocycles. The van der Waals surface area contributed by atoms with Crippen LogP contribution in [0.3, 0.4) is 0 Å². The zero-order chi connectivity index (χ0) is 16.5.